The minimum atomic E-state index is -0.166. The SMILES string of the molecule is O=C(NC1CCCC1)[C@@H]1[C@@H](C(=O)N2CCOCC2)[C@H]2C=C[C@@H]1C2. The smallest absolute Gasteiger partial charge is 0.227 e. The first kappa shape index (κ1) is 15.2. The van der Waals surface area contributed by atoms with Crippen molar-refractivity contribution in [3.63, 3.8) is 0 Å². The number of carbonyl (C=O) groups excluding carboxylic acids is 2. The molecular formula is C18H26N2O3. The molecule has 1 saturated heterocycles. The molecule has 0 radical (unpaired) electrons. The van der Waals surface area contributed by atoms with Crippen LogP contribution in [0.1, 0.15) is 32.1 Å². The van der Waals surface area contributed by atoms with E-state index in [1.165, 1.54) is 12.8 Å². The standard InChI is InChI=1S/C18H26N2O3/c21-17(19-14-3-1-2-4-14)15-12-5-6-13(11-12)16(15)18(22)20-7-9-23-10-8-20/h5-6,12-16H,1-4,7-11H2,(H,19,21)/t12-,13+,15+,16+/m1/s1. The van der Waals surface area contributed by atoms with Gasteiger partial charge in [0, 0.05) is 19.1 Å². The van der Waals surface area contributed by atoms with Gasteiger partial charge >= 0.3 is 0 Å². The summed E-state index contributed by atoms with van der Waals surface area (Å²) < 4.78 is 5.35. The second-order valence-electron chi connectivity index (χ2n) is 7.43. The highest BCUT2D eigenvalue weighted by Crippen LogP contribution is 2.49. The maximum atomic E-state index is 13.0. The van der Waals surface area contributed by atoms with Crippen LogP contribution in [-0.2, 0) is 14.3 Å². The summed E-state index contributed by atoms with van der Waals surface area (Å²) in [5, 5.41) is 3.23. The summed E-state index contributed by atoms with van der Waals surface area (Å²) in [5.41, 5.74) is 0. The molecule has 2 amide bonds. The van der Waals surface area contributed by atoms with Gasteiger partial charge < -0.3 is 15.0 Å². The highest BCUT2D eigenvalue weighted by Gasteiger charge is 2.52. The van der Waals surface area contributed by atoms with Gasteiger partial charge in [0.15, 0.2) is 0 Å². The zero-order valence-corrected chi connectivity index (χ0v) is 13.6. The van der Waals surface area contributed by atoms with Crippen molar-refractivity contribution in [1.29, 1.82) is 0 Å². The lowest BCUT2D eigenvalue weighted by molar-refractivity contribution is -0.145. The molecular weight excluding hydrogens is 292 g/mol. The molecule has 4 aliphatic rings. The van der Waals surface area contributed by atoms with Crippen LogP contribution in [0.25, 0.3) is 0 Å². The number of fused-ring (bicyclic) bond motifs is 2. The molecule has 2 saturated carbocycles. The molecule has 1 aliphatic heterocycles. The van der Waals surface area contributed by atoms with Crippen molar-refractivity contribution >= 4 is 11.8 Å². The number of nitrogens with one attached hydrogen (secondary N) is 1. The largest absolute Gasteiger partial charge is 0.378 e. The van der Waals surface area contributed by atoms with Gasteiger partial charge in [-0.3, -0.25) is 9.59 Å². The van der Waals surface area contributed by atoms with Crippen LogP contribution < -0.4 is 5.32 Å². The number of amides is 2. The van der Waals surface area contributed by atoms with Gasteiger partial charge in [-0.05, 0) is 31.1 Å². The Morgan fingerprint density at radius 3 is 2.35 bits per heavy atom. The maximum absolute atomic E-state index is 13.0. The Morgan fingerprint density at radius 1 is 1.00 bits per heavy atom. The van der Waals surface area contributed by atoms with Gasteiger partial charge in [-0.15, -0.1) is 0 Å². The third-order valence-corrected chi connectivity index (χ3v) is 6.07. The summed E-state index contributed by atoms with van der Waals surface area (Å²) in [7, 11) is 0. The summed E-state index contributed by atoms with van der Waals surface area (Å²) in [5.74, 6) is 0.439. The van der Waals surface area contributed by atoms with E-state index in [9.17, 15) is 9.59 Å². The fourth-order valence-electron chi connectivity index (χ4n) is 4.88. The Bertz CT molecular complexity index is 506. The summed E-state index contributed by atoms with van der Waals surface area (Å²) >= 11 is 0. The lowest BCUT2D eigenvalue weighted by Gasteiger charge is -2.34. The van der Waals surface area contributed by atoms with E-state index >= 15 is 0 Å². The quantitative estimate of drug-likeness (QED) is 0.799. The molecule has 0 spiro atoms. The van der Waals surface area contributed by atoms with E-state index in [1.54, 1.807) is 0 Å². The van der Waals surface area contributed by atoms with Gasteiger partial charge in [0.1, 0.15) is 0 Å². The van der Waals surface area contributed by atoms with Gasteiger partial charge in [-0.2, -0.15) is 0 Å². The predicted molar refractivity (Wildman–Crippen MR) is 85.5 cm³/mol. The molecule has 0 aromatic heterocycles. The molecule has 5 nitrogen and oxygen atoms in total. The summed E-state index contributed by atoms with van der Waals surface area (Å²) in [6.45, 7) is 2.55. The zero-order chi connectivity index (χ0) is 15.8. The van der Waals surface area contributed by atoms with E-state index in [-0.39, 0.29) is 35.5 Å². The van der Waals surface area contributed by atoms with Crippen LogP contribution in [-0.4, -0.2) is 49.1 Å². The highest BCUT2D eigenvalue weighted by molar-refractivity contribution is 5.90. The van der Waals surface area contributed by atoms with Crippen molar-refractivity contribution in [2.45, 2.75) is 38.1 Å². The molecule has 0 unspecified atom stereocenters. The van der Waals surface area contributed by atoms with Gasteiger partial charge in [-0.25, -0.2) is 0 Å². The predicted octanol–water partition coefficient (Wildman–Crippen LogP) is 1.34. The van der Waals surface area contributed by atoms with Gasteiger partial charge in [-0.1, -0.05) is 25.0 Å². The summed E-state index contributed by atoms with van der Waals surface area (Å²) in [6, 6.07) is 0.324. The maximum Gasteiger partial charge on any atom is 0.227 e. The van der Waals surface area contributed by atoms with Gasteiger partial charge in [0.05, 0.1) is 25.0 Å². The summed E-state index contributed by atoms with van der Waals surface area (Å²) in [4.78, 5) is 27.7. The third-order valence-electron chi connectivity index (χ3n) is 6.07. The molecule has 3 fully saturated rings. The third kappa shape index (κ3) is 2.80. The van der Waals surface area contributed by atoms with Crippen molar-refractivity contribution < 1.29 is 14.3 Å². The fraction of sp³-hybridized carbons (Fsp3) is 0.778. The first-order valence-corrected chi connectivity index (χ1v) is 9.09. The number of allylic oxidation sites excluding steroid dienone is 2. The molecule has 3 aliphatic carbocycles. The molecule has 0 aromatic rings. The number of ether oxygens (including phenoxy) is 1. The van der Waals surface area contributed by atoms with E-state index < -0.39 is 0 Å². The molecule has 126 valence electrons. The topological polar surface area (TPSA) is 58.6 Å². The molecule has 5 heteroatoms. The van der Waals surface area contributed by atoms with Crippen molar-refractivity contribution in [2.24, 2.45) is 23.7 Å². The first-order valence-electron chi connectivity index (χ1n) is 9.09. The van der Waals surface area contributed by atoms with Crippen LogP contribution >= 0.6 is 0 Å². The summed E-state index contributed by atoms with van der Waals surface area (Å²) in [6.07, 6.45) is 9.87. The first-order chi connectivity index (χ1) is 11.2. The van der Waals surface area contributed by atoms with Crippen LogP contribution in [0.5, 0.6) is 0 Å². The van der Waals surface area contributed by atoms with Crippen LogP contribution in [0.3, 0.4) is 0 Å². The number of rotatable bonds is 3. The monoisotopic (exact) mass is 318 g/mol. The molecule has 1 N–H and O–H groups in total. The minimum absolute atomic E-state index is 0.111. The van der Waals surface area contributed by atoms with Gasteiger partial charge in [0.25, 0.3) is 0 Å². The van der Waals surface area contributed by atoms with Crippen molar-refractivity contribution in [1.82, 2.24) is 10.2 Å². The average Bonchev–Trinajstić information content (AvgIpc) is 3.31. The Kier molecular flexibility index (Phi) is 4.14. The zero-order valence-electron chi connectivity index (χ0n) is 13.6. The van der Waals surface area contributed by atoms with Crippen LogP contribution in [0.15, 0.2) is 12.2 Å². The van der Waals surface area contributed by atoms with Crippen molar-refractivity contribution in [3.05, 3.63) is 12.2 Å². The lowest BCUT2D eigenvalue weighted by atomic mass is 9.81. The normalized spacial score (nSPS) is 36.6. The van der Waals surface area contributed by atoms with Crippen molar-refractivity contribution in [3.8, 4) is 0 Å². The molecule has 2 bridgehead atoms. The Balaban J connectivity index is 1.48. The van der Waals surface area contributed by atoms with E-state index in [1.807, 2.05) is 4.90 Å². The Morgan fingerprint density at radius 2 is 1.65 bits per heavy atom. The van der Waals surface area contributed by atoms with E-state index in [4.69, 9.17) is 4.74 Å². The number of hydrogen-bond acceptors (Lipinski definition) is 3. The Labute approximate surface area is 137 Å². The average molecular weight is 318 g/mol. The molecule has 23 heavy (non-hydrogen) atoms. The molecule has 4 atom stereocenters. The van der Waals surface area contributed by atoms with Crippen LogP contribution in [0.4, 0.5) is 0 Å². The number of carbonyl (C=O) groups is 2. The fourth-order valence-corrected chi connectivity index (χ4v) is 4.88. The number of morpholine rings is 1. The van der Waals surface area contributed by atoms with Crippen LogP contribution in [0.2, 0.25) is 0 Å². The molecule has 4 rings (SSSR count). The second kappa shape index (κ2) is 6.27. The number of nitrogens with zero attached hydrogens (tertiary/aromatic N) is 1. The number of hydrogen-bond donors (Lipinski definition) is 1. The van der Waals surface area contributed by atoms with E-state index in [0.717, 1.165) is 19.3 Å². The molecule has 0 aromatic carbocycles. The van der Waals surface area contributed by atoms with E-state index in [2.05, 4.69) is 17.5 Å². The lowest BCUT2D eigenvalue weighted by Crippen LogP contribution is -2.50. The Hall–Kier alpha value is -1.36. The minimum Gasteiger partial charge on any atom is -0.378 e. The van der Waals surface area contributed by atoms with E-state index in [0.29, 0.717) is 32.3 Å². The van der Waals surface area contributed by atoms with Gasteiger partial charge in [0.2, 0.25) is 11.8 Å². The van der Waals surface area contributed by atoms with Crippen molar-refractivity contribution in [2.75, 3.05) is 26.3 Å². The molecule has 1 heterocycles. The second-order valence-corrected chi connectivity index (χ2v) is 7.43. The highest BCUT2D eigenvalue weighted by atomic mass is 16.5. The van der Waals surface area contributed by atoms with Crippen LogP contribution in [0, 0.1) is 23.7 Å².